The van der Waals surface area contributed by atoms with E-state index in [0.717, 1.165) is 12.1 Å². The molecule has 1 N–H and O–H groups in total. The Morgan fingerprint density at radius 2 is 1.94 bits per heavy atom. The van der Waals surface area contributed by atoms with Crippen molar-refractivity contribution in [3.8, 4) is 0 Å². The van der Waals surface area contributed by atoms with Gasteiger partial charge in [0.1, 0.15) is 0 Å². The van der Waals surface area contributed by atoms with Crippen molar-refractivity contribution >= 4 is 23.5 Å². The predicted octanol–water partition coefficient (Wildman–Crippen LogP) is -2.07. The summed E-state index contributed by atoms with van der Waals surface area (Å²) in [6.45, 7) is -5.02. The summed E-state index contributed by atoms with van der Waals surface area (Å²) in [5.41, 5.74) is -0.454. The average molecular weight is 254 g/mol. The Hall–Kier alpha value is -0.0187. The number of halogens is 3. The van der Waals surface area contributed by atoms with Crippen molar-refractivity contribution in [1.29, 1.82) is 0 Å². The van der Waals surface area contributed by atoms with Crippen LogP contribution in [-0.4, -0.2) is 16.5 Å². The van der Waals surface area contributed by atoms with Crippen LogP contribution in [0.3, 0.4) is 0 Å². The van der Waals surface area contributed by atoms with E-state index in [1.807, 2.05) is 0 Å². The zero-order valence-corrected chi connectivity index (χ0v) is 11.9. The number of H-pyrrole nitrogens is 1. The fraction of sp³-hybridized carbons (Fsp3) is 0.125. The van der Waals surface area contributed by atoms with E-state index >= 15 is 0 Å². The van der Waals surface area contributed by atoms with Crippen LogP contribution in [0.2, 0.25) is 0 Å². The van der Waals surface area contributed by atoms with Gasteiger partial charge in [-0.05, 0) is 6.07 Å². The minimum absolute atomic E-state index is 0. The first-order chi connectivity index (χ1) is 6.89. The van der Waals surface area contributed by atoms with Gasteiger partial charge in [-0.15, -0.1) is 5.46 Å². The number of benzene rings is 1. The Balaban J connectivity index is 0.00000128. The van der Waals surface area contributed by atoms with Gasteiger partial charge in [0.25, 0.3) is 0 Å². The third-order valence-corrected chi connectivity index (χ3v) is 2.31. The van der Waals surface area contributed by atoms with Crippen LogP contribution >= 0.6 is 0 Å². The SMILES string of the molecule is Cn1c(=O)[nH]c2cc([B-](F)(F)F)ccc21.[K+]. The van der Waals surface area contributed by atoms with E-state index in [2.05, 4.69) is 4.98 Å². The number of aryl methyl sites for hydroxylation is 1. The molecule has 8 heteroatoms. The minimum atomic E-state index is -5.02. The molecule has 0 radical (unpaired) electrons. The maximum atomic E-state index is 12.4. The molecule has 0 amide bonds. The van der Waals surface area contributed by atoms with E-state index in [1.165, 1.54) is 17.7 Å². The Kier molecular flexibility index (Phi) is 4.12. The quantitative estimate of drug-likeness (QED) is 0.583. The Morgan fingerprint density at radius 1 is 1.31 bits per heavy atom. The van der Waals surface area contributed by atoms with Gasteiger partial charge in [-0.1, -0.05) is 12.1 Å². The van der Waals surface area contributed by atoms with Crippen LogP contribution in [0.4, 0.5) is 12.9 Å². The van der Waals surface area contributed by atoms with Gasteiger partial charge in [0.15, 0.2) is 0 Å². The number of nitrogens with zero attached hydrogens (tertiary/aromatic N) is 1. The van der Waals surface area contributed by atoms with Crippen LogP contribution in [0.25, 0.3) is 11.0 Å². The standard InChI is InChI=1S/C8H7BF3N2O.K/c1-14-7-3-2-5(9(10,11)12)4-6(7)13-8(14)15;/h2-4H,1H3,(H,13,15);/q-1;+1. The molecule has 0 unspecified atom stereocenters. The summed E-state index contributed by atoms with van der Waals surface area (Å²) in [6, 6.07) is 3.23. The zero-order chi connectivity index (χ0) is 11.2. The maximum absolute atomic E-state index is 12.4. The molecule has 0 bridgehead atoms. The molecule has 0 atom stereocenters. The molecule has 0 aliphatic rings. The molecule has 1 heterocycles. The molecule has 16 heavy (non-hydrogen) atoms. The number of hydrogen-bond acceptors (Lipinski definition) is 1. The number of rotatable bonds is 1. The first-order valence-electron chi connectivity index (χ1n) is 4.28. The monoisotopic (exact) mass is 254 g/mol. The van der Waals surface area contributed by atoms with Gasteiger partial charge in [0, 0.05) is 7.05 Å². The van der Waals surface area contributed by atoms with Gasteiger partial charge in [0.2, 0.25) is 0 Å². The molecule has 2 rings (SSSR count). The number of aromatic nitrogens is 2. The number of aromatic amines is 1. The summed E-state index contributed by atoms with van der Waals surface area (Å²) >= 11 is 0. The van der Waals surface area contributed by atoms with Crippen LogP contribution < -0.4 is 62.5 Å². The summed E-state index contributed by atoms with van der Waals surface area (Å²) in [5.74, 6) is 0. The molecule has 0 aliphatic carbocycles. The van der Waals surface area contributed by atoms with Crippen molar-refractivity contribution in [2.24, 2.45) is 7.05 Å². The van der Waals surface area contributed by atoms with Gasteiger partial charge in [-0.2, -0.15) is 0 Å². The van der Waals surface area contributed by atoms with E-state index in [9.17, 15) is 17.7 Å². The van der Waals surface area contributed by atoms with Crippen molar-refractivity contribution < 1.29 is 64.3 Å². The minimum Gasteiger partial charge on any atom is -0.445 e. The summed E-state index contributed by atoms with van der Waals surface area (Å²) in [7, 11) is 1.50. The van der Waals surface area contributed by atoms with E-state index in [4.69, 9.17) is 0 Å². The number of fused-ring (bicyclic) bond motifs is 1. The van der Waals surface area contributed by atoms with Crippen molar-refractivity contribution in [3.05, 3.63) is 28.7 Å². The van der Waals surface area contributed by atoms with Crippen molar-refractivity contribution in [2.75, 3.05) is 0 Å². The molecular weight excluding hydrogens is 247 g/mol. The van der Waals surface area contributed by atoms with Gasteiger partial charge >= 0.3 is 64.1 Å². The third-order valence-electron chi connectivity index (χ3n) is 2.31. The van der Waals surface area contributed by atoms with Crippen LogP contribution in [0, 0.1) is 0 Å². The molecule has 0 fully saturated rings. The normalized spacial score (nSPS) is 11.5. The second kappa shape index (κ2) is 4.69. The molecule has 0 aliphatic heterocycles. The number of imidazole rings is 1. The first-order valence-corrected chi connectivity index (χ1v) is 4.28. The van der Waals surface area contributed by atoms with Gasteiger partial charge < -0.3 is 17.9 Å². The Bertz CT molecular complexity index is 575. The topological polar surface area (TPSA) is 37.8 Å². The zero-order valence-electron chi connectivity index (χ0n) is 8.80. The molecule has 80 valence electrons. The van der Waals surface area contributed by atoms with E-state index in [1.54, 1.807) is 0 Å². The second-order valence-corrected chi connectivity index (χ2v) is 3.34. The maximum Gasteiger partial charge on any atom is 1.00 e. The average Bonchev–Trinajstić information content (AvgIpc) is 2.41. The molecule has 3 nitrogen and oxygen atoms in total. The summed E-state index contributed by atoms with van der Waals surface area (Å²) in [4.78, 5) is 13.5. The van der Waals surface area contributed by atoms with Crippen LogP contribution in [0.15, 0.2) is 23.0 Å². The largest absolute Gasteiger partial charge is 1.00 e. The second-order valence-electron chi connectivity index (χ2n) is 3.34. The summed E-state index contributed by atoms with van der Waals surface area (Å²) in [5, 5.41) is 0. The number of hydrogen-bond donors (Lipinski definition) is 1. The van der Waals surface area contributed by atoms with Crippen LogP contribution in [0.5, 0.6) is 0 Å². The van der Waals surface area contributed by atoms with Crippen molar-refractivity contribution in [1.82, 2.24) is 9.55 Å². The molecule has 1 aromatic heterocycles. The number of nitrogens with one attached hydrogen (secondary N) is 1. The van der Waals surface area contributed by atoms with Gasteiger partial charge in [0.05, 0.1) is 11.0 Å². The van der Waals surface area contributed by atoms with Crippen molar-refractivity contribution in [3.63, 3.8) is 0 Å². The van der Waals surface area contributed by atoms with E-state index in [0.29, 0.717) is 5.52 Å². The predicted molar refractivity (Wildman–Crippen MR) is 52.3 cm³/mol. The molecular formula is C8H7BF3KN2O. The molecule has 0 saturated heterocycles. The Morgan fingerprint density at radius 3 is 2.50 bits per heavy atom. The van der Waals surface area contributed by atoms with E-state index < -0.39 is 18.1 Å². The molecule has 0 spiro atoms. The third kappa shape index (κ3) is 2.45. The molecule has 1 aromatic carbocycles. The summed E-state index contributed by atoms with van der Waals surface area (Å²) in [6.07, 6.45) is 0. The molecule has 0 saturated carbocycles. The van der Waals surface area contributed by atoms with Crippen LogP contribution in [0.1, 0.15) is 0 Å². The fourth-order valence-corrected chi connectivity index (χ4v) is 1.46. The van der Waals surface area contributed by atoms with Crippen molar-refractivity contribution in [2.45, 2.75) is 0 Å². The smallest absolute Gasteiger partial charge is 0.445 e. The Labute approximate surface area is 132 Å². The molecule has 2 aromatic rings. The van der Waals surface area contributed by atoms with E-state index in [-0.39, 0.29) is 56.9 Å². The fourth-order valence-electron chi connectivity index (χ4n) is 1.46. The van der Waals surface area contributed by atoms with Gasteiger partial charge in [-0.3, -0.25) is 4.57 Å². The van der Waals surface area contributed by atoms with Crippen LogP contribution in [-0.2, 0) is 7.05 Å². The summed E-state index contributed by atoms with van der Waals surface area (Å²) < 4.78 is 38.4. The first kappa shape index (κ1) is 14.0. The van der Waals surface area contributed by atoms with Gasteiger partial charge in [-0.25, -0.2) is 4.79 Å².